The lowest BCUT2D eigenvalue weighted by atomic mass is 9.96. The topological polar surface area (TPSA) is 38.8 Å². The average molecular weight is 359 g/mol. The van der Waals surface area contributed by atoms with Gasteiger partial charge in [-0.1, -0.05) is 30.3 Å². The first kappa shape index (κ1) is 18.1. The summed E-state index contributed by atoms with van der Waals surface area (Å²) >= 11 is 1.63. The van der Waals surface area contributed by atoms with Crippen molar-refractivity contribution >= 4 is 17.3 Å². The lowest BCUT2D eigenvalue weighted by molar-refractivity contribution is -0.153. The second-order valence-electron chi connectivity index (χ2n) is 6.60. The fourth-order valence-corrected chi connectivity index (χ4v) is 3.90. The van der Waals surface area contributed by atoms with Crippen molar-refractivity contribution < 1.29 is 14.3 Å². The van der Waals surface area contributed by atoms with Gasteiger partial charge in [0.25, 0.3) is 0 Å². The molecule has 0 N–H and O–H groups in total. The van der Waals surface area contributed by atoms with Gasteiger partial charge in [0.2, 0.25) is 0 Å². The summed E-state index contributed by atoms with van der Waals surface area (Å²) in [4.78, 5) is 15.8. The average Bonchev–Trinajstić information content (AvgIpc) is 3.13. The van der Waals surface area contributed by atoms with E-state index in [1.807, 2.05) is 43.7 Å². The van der Waals surface area contributed by atoms with Gasteiger partial charge in [0, 0.05) is 17.8 Å². The molecule has 0 bridgehead atoms. The Balaban J connectivity index is 1.64. The molecule has 2 atom stereocenters. The fourth-order valence-electron chi connectivity index (χ4n) is 3.11. The van der Waals surface area contributed by atoms with Gasteiger partial charge < -0.3 is 14.4 Å². The maximum Gasteiger partial charge on any atom is 0.309 e. The van der Waals surface area contributed by atoms with Crippen molar-refractivity contribution in [1.29, 1.82) is 0 Å². The highest BCUT2D eigenvalue weighted by molar-refractivity contribution is 7.10. The van der Waals surface area contributed by atoms with E-state index in [0.717, 1.165) is 29.8 Å². The molecule has 25 heavy (non-hydrogen) atoms. The van der Waals surface area contributed by atoms with Gasteiger partial charge in [-0.05, 0) is 43.1 Å². The molecular formula is C20H25NO3S. The number of benzene rings is 1. The zero-order valence-corrected chi connectivity index (χ0v) is 15.6. The van der Waals surface area contributed by atoms with Crippen LogP contribution in [-0.2, 0) is 20.7 Å². The zero-order chi connectivity index (χ0) is 17.6. The Hall–Kier alpha value is -1.69. The van der Waals surface area contributed by atoms with Gasteiger partial charge in [-0.15, -0.1) is 11.3 Å². The number of fused-ring (bicyclic) bond motifs is 1. The smallest absolute Gasteiger partial charge is 0.309 e. The molecule has 5 heteroatoms. The minimum Gasteiger partial charge on any atom is -0.456 e. The third-order valence-electron chi connectivity index (χ3n) is 4.42. The van der Waals surface area contributed by atoms with Gasteiger partial charge in [0.05, 0.1) is 19.1 Å². The highest BCUT2D eigenvalue weighted by atomic mass is 32.1. The fraction of sp³-hybridized carbons (Fsp3) is 0.450. The van der Waals surface area contributed by atoms with Crippen molar-refractivity contribution in [2.45, 2.75) is 31.5 Å². The third-order valence-corrected chi connectivity index (χ3v) is 5.38. The minimum absolute atomic E-state index is 0.186. The summed E-state index contributed by atoms with van der Waals surface area (Å²) in [5.41, 5.74) is 2.39. The van der Waals surface area contributed by atoms with Crippen LogP contribution >= 0.6 is 11.3 Å². The molecule has 0 radical (unpaired) electrons. The molecule has 1 aromatic heterocycles. The van der Waals surface area contributed by atoms with Gasteiger partial charge in [-0.25, -0.2) is 0 Å². The number of nitrogens with zero attached hydrogens (tertiary/aromatic N) is 1. The number of thiophene rings is 1. The van der Waals surface area contributed by atoms with Crippen LogP contribution in [0.5, 0.6) is 0 Å². The van der Waals surface area contributed by atoms with Crippen LogP contribution in [-0.4, -0.2) is 38.1 Å². The molecule has 134 valence electrons. The Morgan fingerprint density at radius 3 is 2.92 bits per heavy atom. The molecule has 1 aliphatic rings. The predicted octanol–water partition coefficient (Wildman–Crippen LogP) is 3.99. The molecule has 0 saturated carbocycles. The van der Waals surface area contributed by atoms with Gasteiger partial charge in [-0.2, -0.15) is 0 Å². The summed E-state index contributed by atoms with van der Waals surface area (Å²) in [5, 5.41) is 2.02. The molecule has 0 amide bonds. The van der Waals surface area contributed by atoms with Crippen LogP contribution < -0.4 is 0 Å². The molecule has 0 fully saturated rings. The predicted molar refractivity (Wildman–Crippen MR) is 99.8 cm³/mol. The number of ether oxygens (including phenoxy) is 2. The van der Waals surface area contributed by atoms with Crippen molar-refractivity contribution in [3.63, 3.8) is 0 Å². The summed E-state index contributed by atoms with van der Waals surface area (Å²) in [6.07, 6.45) is 1.58. The van der Waals surface area contributed by atoms with Gasteiger partial charge in [0.15, 0.2) is 0 Å². The monoisotopic (exact) mass is 359 g/mol. The van der Waals surface area contributed by atoms with E-state index < -0.39 is 0 Å². The number of carbonyl (C=O) groups excluding carboxylic acids is 1. The van der Waals surface area contributed by atoms with E-state index in [4.69, 9.17) is 9.47 Å². The molecule has 1 aromatic carbocycles. The Kier molecular flexibility index (Phi) is 6.24. The van der Waals surface area contributed by atoms with E-state index in [0.29, 0.717) is 6.61 Å². The van der Waals surface area contributed by atoms with E-state index in [-0.39, 0.29) is 24.6 Å². The van der Waals surface area contributed by atoms with E-state index in [1.165, 1.54) is 5.56 Å². The minimum atomic E-state index is -0.199. The van der Waals surface area contributed by atoms with Crippen LogP contribution in [0.1, 0.15) is 41.1 Å². The Morgan fingerprint density at radius 1 is 1.32 bits per heavy atom. The molecular weight excluding hydrogens is 334 g/mol. The van der Waals surface area contributed by atoms with Crippen LogP contribution in [0.15, 0.2) is 41.8 Å². The first-order chi connectivity index (χ1) is 12.1. The van der Waals surface area contributed by atoms with Crippen LogP contribution in [0.2, 0.25) is 0 Å². The summed E-state index contributed by atoms with van der Waals surface area (Å²) in [5.74, 6) is -0.196. The SMILES string of the molecule is CN(C)CC[C@H](OC(=O)C[C@@H]1OCCc2ccccc21)c1cccs1. The van der Waals surface area contributed by atoms with Crippen LogP contribution in [0.3, 0.4) is 0 Å². The normalized spacial score (nSPS) is 18.0. The number of esters is 1. The largest absolute Gasteiger partial charge is 0.456 e. The molecule has 1 aliphatic heterocycles. The van der Waals surface area contributed by atoms with Crippen molar-refractivity contribution in [2.24, 2.45) is 0 Å². The van der Waals surface area contributed by atoms with Gasteiger partial charge >= 0.3 is 5.97 Å². The van der Waals surface area contributed by atoms with Gasteiger partial charge in [0.1, 0.15) is 6.10 Å². The molecule has 4 nitrogen and oxygen atoms in total. The lowest BCUT2D eigenvalue weighted by Crippen LogP contribution is -2.22. The number of hydrogen-bond donors (Lipinski definition) is 0. The Bertz CT molecular complexity index is 684. The lowest BCUT2D eigenvalue weighted by Gasteiger charge is -2.26. The molecule has 0 spiro atoms. The quantitative estimate of drug-likeness (QED) is 0.701. The second-order valence-corrected chi connectivity index (χ2v) is 7.58. The van der Waals surface area contributed by atoms with Crippen molar-refractivity contribution in [1.82, 2.24) is 4.90 Å². The highest BCUT2D eigenvalue weighted by Gasteiger charge is 2.26. The van der Waals surface area contributed by atoms with E-state index in [2.05, 4.69) is 17.0 Å². The summed E-state index contributed by atoms with van der Waals surface area (Å²) in [6.45, 7) is 1.53. The van der Waals surface area contributed by atoms with Crippen LogP contribution in [0.4, 0.5) is 0 Å². The molecule has 0 unspecified atom stereocenters. The number of rotatable bonds is 7. The maximum absolute atomic E-state index is 12.6. The molecule has 0 saturated heterocycles. The summed E-state index contributed by atoms with van der Waals surface area (Å²) < 4.78 is 11.7. The van der Waals surface area contributed by atoms with Crippen LogP contribution in [0, 0.1) is 0 Å². The number of hydrogen-bond acceptors (Lipinski definition) is 5. The van der Waals surface area contributed by atoms with E-state index in [9.17, 15) is 4.79 Å². The van der Waals surface area contributed by atoms with Gasteiger partial charge in [-0.3, -0.25) is 4.79 Å². The Labute approximate surface area is 153 Å². The standard InChI is InChI=1S/C20H25NO3S/c1-21(2)11-9-17(19-8-5-13-25-19)24-20(22)14-18-16-7-4-3-6-15(16)10-12-23-18/h3-8,13,17-18H,9-12,14H2,1-2H3/t17-,18-/m0/s1. The summed E-state index contributed by atoms with van der Waals surface area (Å²) in [6, 6.07) is 12.2. The zero-order valence-electron chi connectivity index (χ0n) is 14.8. The van der Waals surface area contributed by atoms with Crippen LogP contribution in [0.25, 0.3) is 0 Å². The molecule has 0 aliphatic carbocycles. The molecule has 2 heterocycles. The van der Waals surface area contributed by atoms with Crippen molar-refractivity contribution in [3.8, 4) is 0 Å². The maximum atomic E-state index is 12.6. The van der Waals surface area contributed by atoms with E-state index >= 15 is 0 Å². The second kappa shape index (κ2) is 8.61. The Morgan fingerprint density at radius 2 is 2.16 bits per heavy atom. The van der Waals surface area contributed by atoms with Crippen molar-refractivity contribution in [3.05, 3.63) is 57.8 Å². The molecule has 3 rings (SSSR count). The first-order valence-electron chi connectivity index (χ1n) is 8.70. The number of carbonyl (C=O) groups is 1. The first-order valence-corrected chi connectivity index (χ1v) is 9.58. The third kappa shape index (κ3) is 4.91. The summed E-state index contributed by atoms with van der Waals surface area (Å²) in [7, 11) is 4.06. The highest BCUT2D eigenvalue weighted by Crippen LogP contribution is 2.32. The van der Waals surface area contributed by atoms with Crippen molar-refractivity contribution in [2.75, 3.05) is 27.2 Å². The molecule has 2 aromatic rings. The van der Waals surface area contributed by atoms with E-state index in [1.54, 1.807) is 11.3 Å².